The number of benzene rings is 1. The summed E-state index contributed by atoms with van der Waals surface area (Å²) in [6, 6.07) is 8.44. The van der Waals surface area contributed by atoms with E-state index in [0.717, 1.165) is 19.3 Å². The quantitative estimate of drug-likeness (QED) is 0.669. The van der Waals surface area contributed by atoms with Crippen molar-refractivity contribution in [2.45, 2.75) is 45.2 Å². The highest BCUT2D eigenvalue weighted by Gasteiger charge is 2.34. The number of nitrogens with two attached hydrogens (primary N) is 1. The molecule has 1 aromatic carbocycles. The van der Waals surface area contributed by atoms with E-state index >= 15 is 0 Å². The predicted octanol–water partition coefficient (Wildman–Crippen LogP) is 2.11. The molecule has 0 aliphatic heterocycles. The Morgan fingerprint density at radius 1 is 1.21 bits per heavy atom. The van der Waals surface area contributed by atoms with Gasteiger partial charge in [-0.2, -0.15) is 0 Å². The lowest BCUT2D eigenvalue weighted by molar-refractivity contribution is -0.125. The molecular weight excluding hydrogens is 326 g/mol. The van der Waals surface area contributed by atoms with Crippen molar-refractivity contribution in [1.29, 1.82) is 0 Å². The highest BCUT2D eigenvalue weighted by Crippen LogP contribution is 2.32. The SMILES string of the molecule is CCC(C)C(NC(=O)c1ccccc1)C(=O)NC(CN)C1CC1.Cl. The molecule has 5 nitrogen and oxygen atoms in total. The van der Waals surface area contributed by atoms with E-state index in [4.69, 9.17) is 5.73 Å². The Morgan fingerprint density at radius 2 is 1.83 bits per heavy atom. The van der Waals surface area contributed by atoms with Crippen LogP contribution in [0.2, 0.25) is 0 Å². The van der Waals surface area contributed by atoms with Crippen molar-refractivity contribution in [2.24, 2.45) is 17.6 Å². The zero-order valence-corrected chi connectivity index (χ0v) is 15.1. The number of hydrogen-bond donors (Lipinski definition) is 3. The molecule has 1 aromatic rings. The molecule has 3 unspecified atom stereocenters. The van der Waals surface area contributed by atoms with Gasteiger partial charge in [-0.25, -0.2) is 0 Å². The Labute approximate surface area is 150 Å². The van der Waals surface area contributed by atoms with Crippen LogP contribution in [0.5, 0.6) is 0 Å². The van der Waals surface area contributed by atoms with Crippen LogP contribution < -0.4 is 16.4 Å². The summed E-state index contributed by atoms with van der Waals surface area (Å²) in [7, 11) is 0. The summed E-state index contributed by atoms with van der Waals surface area (Å²) in [5, 5.41) is 5.90. The molecule has 0 heterocycles. The molecule has 6 heteroatoms. The topological polar surface area (TPSA) is 84.2 Å². The second kappa shape index (κ2) is 9.64. The minimum atomic E-state index is -0.541. The molecule has 0 spiro atoms. The number of amides is 2. The fourth-order valence-corrected chi connectivity index (χ4v) is 2.66. The van der Waals surface area contributed by atoms with Gasteiger partial charge in [-0.1, -0.05) is 38.5 Å². The standard InChI is InChI=1S/C18H27N3O2.ClH/c1-3-12(2)16(18(23)20-15(11-19)13-9-10-13)21-17(22)14-7-5-4-6-8-14;/h4-8,12-13,15-16H,3,9-11,19H2,1-2H3,(H,20,23)(H,21,22);1H. The molecule has 2 rings (SSSR count). The van der Waals surface area contributed by atoms with Gasteiger partial charge in [0.15, 0.2) is 0 Å². The maximum Gasteiger partial charge on any atom is 0.251 e. The Kier molecular flexibility index (Phi) is 8.22. The molecule has 4 N–H and O–H groups in total. The first-order valence-corrected chi connectivity index (χ1v) is 8.43. The molecule has 1 fully saturated rings. The maximum atomic E-state index is 12.6. The maximum absolute atomic E-state index is 12.6. The van der Waals surface area contributed by atoms with Gasteiger partial charge in [-0.3, -0.25) is 9.59 Å². The Hall–Kier alpha value is -1.59. The summed E-state index contributed by atoms with van der Waals surface area (Å²) in [6.07, 6.45) is 3.04. The van der Waals surface area contributed by atoms with E-state index in [1.807, 2.05) is 32.0 Å². The van der Waals surface area contributed by atoms with E-state index in [1.165, 1.54) is 0 Å². The number of hydrogen-bond acceptors (Lipinski definition) is 3. The van der Waals surface area contributed by atoms with Gasteiger partial charge in [-0.15, -0.1) is 12.4 Å². The van der Waals surface area contributed by atoms with E-state index in [0.29, 0.717) is 18.0 Å². The molecule has 0 radical (unpaired) electrons. The van der Waals surface area contributed by atoms with Crippen molar-refractivity contribution in [3.8, 4) is 0 Å². The first-order chi connectivity index (χ1) is 11.1. The average Bonchev–Trinajstić information content (AvgIpc) is 3.42. The van der Waals surface area contributed by atoms with Crippen LogP contribution in [0.15, 0.2) is 30.3 Å². The molecular formula is C18H28ClN3O2. The summed E-state index contributed by atoms with van der Waals surface area (Å²) >= 11 is 0. The van der Waals surface area contributed by atoms with Crippen LogP contribution in [0.3, 0.4) is 0 Å². The van der Waals surface area contributed by atoms with E-state index in [9.17, 15) is 9.59 Å². The third kappa shape index (κ3) is 5.49. The zero-order chi connectivity index (χ0) is 16.8. The first-order valence-electron chi connectivity index (χ1n) is 8.43. The molecule has 0 aromatic heterocycles. The fraction of sp³-hybridized carbons (Fsp3) is 0.556. The van der Waals surface area contributed by atoms with E-state index in [-0.39, 0.29) is 36.2 Å². The minimum Gasteiger partial charge on any atom is -0.350 e. The van der Waals surface area contributed by atoms with Crippen molar-refractivity contribution in [3.05, 3.63) is 35.9 Å². The lowest BCUT2D eigenvalue weighted by atomic mass is 9.97. The van der Waals surface area contributed by atoms with E-state index in [2.05, 4.69) is 10.6 Å². The smallest absolute Gasteiger partial charge is 0.251 e. The number of carbonyl (C=O) groups is 2. The number of halogens is 1. The summed E-state index contributed by atoms with van der Waals surface area (Å²) in [5.74, 6) is 0.194. The van der Waals surface area contributed by atoms with Crippen molar-refractivity contribution in [2.75, 3.05) is 6.54 Å². The van der Waals surface area contributed by atoms with Crippen LogP contribution in [0.1, 0.15) is 43.5 Å². The van der Waals surface area contributed by atoms with Crippen LogP contribution >= 0.6 is 12.4 Å². The summed E-state index contributed by atoms with van der Waals surface area (Å²) in [4.78, 5) is 25.0. The normalized spacial score (nSPS) is 17.1. The monoisotopic (exact) mass is 353 g/mol. The molecule has 24 heavy (non-hydrogen) atoms. The number of rotatable bonds is 8. The van der Waals surface area contributed by atoms with Gasteiger partial charge in [0.25, 0.3) is 5.91 Å². The van der Waals surface area contributed by atoms with Gasteiger partial charge in [0, 0.05) is 18.2 Å². The lowest BCUT2D eigenvalue weighted by Crippen LogP contribution is -2.54. The second-order valence-corrected chi connectivity index (χ2v) is 6.39. The van der Waals surface area contributed by atoms with Crippen LogP contribution in [-0.2, 0) is 4.79 Å². The molecule has 134 valence electrons. The third-order valence-corrected chi connectivity index (χ3v) is 4.59. The average molecular weight is 354 g/mol. The minimum absolute atomic E-state index is 0. The van der Waals surface area contributed by atoms with Gasteiger partial charge < -0.3 is 16.4 Å². The molecule has 3 atom stereocenters. The van der Waals surface area contributed by atoms with Gasteiger partial charge in [-0.05, 0) is 36.8 Å². The third-order valence-electron chi connectivity index (χ3n) is 4.59. The zero-order valence-electron chi connectivity index (χ0n) is 14.3. The van der Waals surface area contributed by atoms with Crippen LogP contribution in [0, 0.1) is 11.8 Å². The Balaban J connectivity index is 0.00000288. The molecule has 0 bridgehead atoms. The van der Waals surface area contributed by atoms with Crippen molar-refractivity contribution >= 4 is 24.2 Å². The van der Waals surface area contributed by atoms with Gasteiger partial charge in [0.2, 0.25) is 5.91 Å². The number of carbonyl (C=O) groups excluding carboxylic acids is 2. The number of nitrogens with one attached hydrogen (secondary N) is 2. The predicted molar refractivity (Wildman–Crippen MR) is 98.1 cm³/mol. The van der Waals surface area contributed by atoms with Crippen LogP contribution in [0.4, 0.5) is 0 Å². The largest absolute Gasteiger partial charge is 0.350 e. The second-order valence-electron chi connectivity index (χ2n) is 6.39. The molecule has 1 saturated carbocycles. The summed E-state index contributed by atoms with van der Waals surface area (Å²) in [6.45, 7) is 4.43. The summed E-state index contributed by atoms with van der Waals surface area (Å²) in [5.41, 5.74) is 6.32. The molecule has 0 saturated heterocycles. The summed E-state index contributed by atoms with van der Waals surface area (Å²) < 4.78 is 0. The molecule has 1 aliphatic rings. The van der Waals surface area contributed by atoms with Gasteiger partial charge in [0.05, 0.1) is 0 Å². The molecule has 1 aliphatic carbocycles. The molecule has 2 amide bonds. The van der Waals surface area contributed by atoms with E-state index < -0.39 is 6.04 Å². The first kappa shape index (κ1) is 20.5. The lowest BCUT2D eigenvalue weighted by Gasteiger charge is -2.26. The van der Waals surface area contributed by atoms with Gasteiger partial charge in [0.1, 0.15) is 6.04 Å². The Bertz CT molecular complexity index is 534. The van der Waals surface area contributed by atoms with Gasteiger partial charge >= 0.3 is 0 Å². The van der Waals surface area contributed by atoms with Crippen molar-refractivity contribution in [3.63, 3.8) is 0 Å². The fourth-order valence-electron chi connectivity index (χ4n) is 2.66. The van der Waals surface area contributed by atoms with Crippen LogP contribution in [0.25, 0.3) is 0 Å². The van der Waals surface area contributed by atoms with Crippen molar-refractivity contribution in [1.82, 2.24) is 10.6 Å². The van der Waals surface area contributed by atoms with Crippen molar-refractivity contribution < 1.29 is 9.59 Å². The van der Waals surface area contributed by atoms with E-state index in [1.54, 1.807) is 12.1 Å². The highest BCUT2D eigenvalue weighted by atomic mass is 35.5. The van der Waals surface area contributed by atoms with Crippen LogP contribution in [-0.4, -0.2) is 30.4 Å². The highest BCUT2D eigenvalue weighted by molar-refractivity contribution is 5.97. The Morgan fingerprint density at radius 3 is 2.33 bits per heavy atom.